The van der Waals surface area contributed by atoms with E-state index >= 15 is 0 Å². The van der Waals surface area contributed by atoms with Gasteiger partial charge in [0.1, 0.15) is 5.82 Å². The number of halogens is 1. The van der Waals surface area contributed by atoms with E-state index in [1.807, 2.05) is 0 Å². The van der Waals surface area contributed by atoms with E-state index in [1.54, 1.807) is 21.9 Å². The lowest BCUT2D eigenvalue weighted by Gasteiger charge is -2.38. The number of nitrogens with one attached hydrogen (secondary N) is 2. The summed E-state index contributed by atoms with van der Waals surface area (Å²) in [6, 6.07) is 5.95. The van der Waals surface area contributed by atoms with Gasteiger partial charge in [-0.25, -0.2) is 9.18 Å². The lowest BCUT2D eigenvalue weighted by molar-refractivity contribution is -0.157. The molecule has 0 radical (unpaired) electrons. The number of likely N-dealkylation sites (tertiary alicyclic amines) is 1. The summed E-state index contributed by atoms with van der Waals surface area (Å²) in [5.74, 6) is -0.620. The van der Waals surface area contributed by atoms with Crippen LogP contribution in [-0.4, -0.2) is 71.7 Å². The molecule has 2 heterocycles. The topological polar surface area (TPSA) is 84.9 Å². The molecule has 0 saturated carbocycles. The fourth-order valence-electron chi connectivity index (χ4n) is 3.42. The Kier molecular flexibility index (Phi) is 5.73. The summed E-state index contributed by atoms with van der Waals surface area (Å²) < 4.78 is 13.0. The number of hydrogen-bond acceptors (Lipinski definition) is 4. The molecular formula is C18H25FN4O3. The Bertz CT molecular complexity index is 654. The first-order chi connectivity index (χ1) is 12.5. The second-order valence-electron chi connectivity index (χ2n) is 6.88. The number of nitrogens with zero attached hydrogens (tertiary/aromatic N) is 2. The third kappa shape index (κ3) is 4.31. The van der Waals surface area contributed by atoms with Crippen LogP contribution in [0.2, 0.25) is 0 Å². The van der Waals surface area contributed by atoms with Crippen LogP contribution in [0.1, 0.15) is 18.4 Å². The van der Waals surface area contributed by atoms with Crippen molar-refractivity contribution in [3.63, 3.8) is 0 Å². The summed E-state index contributed by atoms with van der Waals surface area (Å²) in [5.41, 5.74) is -0.608. The van der Waals surface area contributed by atoms with Gasteiger partial charge in [-0.2, -0.15) is 0 Å². The van der Waals surface area contributed by atoms with Crippen LogP contribution in [0, 0.1) is 5.82 Å². The SMILES string of the molecule is O=C1NCCN1CCNCC1(O)CCCN(Cc2ccc(F)cc2)C1=O. The van der Waals surface area contributed by atoms with E-state index in [9.17, 15) is 19.1 Å². The van der Waals surface area contributed by atoms with Crippen LogP contribution >= 0.6 is 0 Å². The summed E-state index contributed by atoms with van der Waals surface area (Å²) in [5, 5.41) is 16.6. The number of benzene rings is 1. The maximum Gasteiger partial charge on any atom is 0.317 e. The Morgan fingerprint density at radius 2 is 1.96 bits per heavy atom. The van der Waals surface area contributed by atoms with Crippen LogP contribution in [0.15, 0.2) is 24.3 Å². The smallest absolute Gasteiger partial charge is 0.317 e. The number of amides is 3. The summed E-state index contributed by atoms with van der Waals surface area (Å²) >= 11 is 0. The van der Waals surface area contributed by atoms with Crippen molar-refractivity contribution in [1.82, 2.24) is 20.4 Å². The Morgan fingerprint density at radius 1 is 1.19 bits per heavy atom. The Hall–Kier alpha value is -2.19. The number of carbonyl (C=O) groups excluding carboxylic acids is 2. The predicted octanol–water partition coefficient (Wildman–Crippen LogP) is 0.294. The molecule has 1 aromatic rings. The highest BCUT2D eigenvalue weighted by molar-refractivity contribution is 5.86. The lowest BCUT2D eigenvalue weighted by atomic mass is 9.91. The summed E-state index contributed by atoms with van der Waals surface area (Å²) in [6.07, 6.45) is 1.11. The minimum absolute atomic E-state index is 0.0790. The number of aliphatic hydroxyl groups is 1. The average Bonchev–Trinajstić information content (AvgIpc) is 3.03. The minimum atomic E-state index is -1.44. The van der Waals surface area contributed by atoms with Crippen molar-refractivity contribution >= 4 is 11.9 Å². The zero-order chi connectivity index (χ0) is 18.6. The third-order valence-electron chi connectivity index (χ3n) is 4.91. The van der Waals surface area contributed by atoms with E-state index < -0.39 is 5.60 Å². The van der Waals surface area contributed by atoms with Crippen LogP contribution < -0.4 is 10.6 Å². The lowest BCUT2D eigenvalue weighted by Crippen LogP contribution is -2.58. The van der Waals surface area contributed by atoms with Gasteiger partial charge in [-0.1, -0.05) is 12.1 Å². The maximum atomic E-state index is 13.0. The van der Waals surface area contributed by atoms with E-state index in [1.165, 1.54) is 12.1 Å². The van der Waals surface area contributed by atoms with Crippen molar-refractivity contribution in [3.05, 3.63) is 35.6 Å². The van der Waals surface area contributed by atoms with Crippen LogP contribution in [0.4, 0.5) is 9.18 Å². The molecule has 0 aromatic heterocycles. The van der Waals surface area contributed by atoms with Crippen LogP contribution in [-0.2, 0) is 11.3 Å². The molecule has 2 fully saturated rings. The van der Waals surface area contributed by atoms with E-state index in [2.05, 4.69) is 10.6 Å². The quantitative estimate of drug-likeness (QED) is 0.608. The van der Waals surface area contributed by atoms with E-state index in [-0.39, 0.29) is 24.3 Å². The van der Waals surface area contributed by atoms with Gasteiger partial charge in [0, 0.05) is 45.8 Å². The molecule has 3 N–H and O–H groups in total. The molecule has 3 amide bonds. The highest BCUT2D eigenvalue weighted by Gasteiger charge is 2.41. The van der Waals surface area contributed by atoms with Gasteiger partial charge < -0.3 is 25.5 Å². The van der Waals surface area contributed by atoms with Crippen LogP contribution in [0.3, 0.4) is 0 Å². The summed E-state index contributed by atoms with van der Waals surface area (Å²) in [6.45, 7) is 3.47. The molecule has 1 unspecified atom stereocenters. The molecule has 1 atom stereocenters. The fourth-order valence-corrected chi connectivity index (χ4v) is 3.42. The van der Waals surface area contributed by atoms with Crippen LogP contribution in [0.5, 0.6) is 0 Å². The van der Waals surface area contributed by atoms with Gasteiger partial charge in [-0.15, -0.1) is 0 Å². The molecule has 2 aliphatic rings. The van der Waals surface area contributed by atoms with E-state index in [0.717, 1.165) is 5.56 Å². The normalized spacial score (nSPS) is 23.5. The zero-order valence-corrected chi connectivity index (χ0v) is 14.7. The first-order valence-corrected chi connectivity index (χ1v) is 8.98. The first kappa shape index (κ1) is 18.6. The fraction of sp³-hybridized carbons (Fsp3) is 0.556. The van der Waals surface area contributed by atoms with Gasteiger partial charge in [-0.05, 0) is 30.5 Å². The van der Waals surface area contributed by atoms with Gasteiger partial charge in [0.05, 0.1) is 0 Å². The summed E-state index contributed by atoms with van der Waals surface area (Å²) in [7, 11) is 0. The van der Waals surface area contributed by atoms with E-state index in [4.69, 9.17) is 0 Å². The molecule has 0 aliphatic carbocycles. The van der Waals surface area contributed by atoms with Crippen molar-refractivity contribution < 1.29 is 19.1 Å². The number of rotatable bonds is 7. The standard InChI is InChI=1S/C18H25FN4O3/c19-15-4-2-14(3-5-15)12-23-9-1-6-18(26,16(23)24)13-20-7-10-22-11-8-21-17(22)25/h2-5,20,26H,1,6-13H2,(H,21,25). The number of piperidine rings is 1. The molecule has 0 spiro atoms. The molecular weight excluding hydrogens is 339 g/mol. The maximum absolute atomic E-state index is 13.0. The highest BCUT2D eigenvalue weighted by atomic mass is 19.1. The van der Waals surface area contributed by atoms with Crippen molar-refractivity contribution in [2.45, 2.75) is 25.0 Å². The van der Waals surface area contributed by atoms with Gasteiger partial charge in [0.2, 0.25) is 0 Å². The largest absolute Gasteiger partial charge is 0.379 e. The molecule has 8 heteroatoms. The highest BCUT2D eigenvalue weighted by Crippen LogP contribution is 2.23. The van der Waals surface area contributed by atoms with Gasteiger partial charge in [-0.3, -0.25) is 4.79 Å². The molecule has 2 aliphatic heterocycles. The molecule has 0 bridgehead atoms. The van der Waals surface area contributed by atoms with Crippen molar-refractivity contribution in [2.75, 3.05) is 39.3 Å². The molecule has 1 aromatic carbocycles. The van der Waals surface area contributed by atoms with Gasteiger partial charge in [0.15, 0.2) is 5.60 Å². The van der Waals surface area contributed by atoms with Crippen molar-refractivity contribution in [2.24, 2.45) is 0 Å². The Balaban J connectivity index is 1.50. The summed E-state index contributed by atoms with van der Waals surface area (Å²) in [4.78, 5) is 27.5. The third-order valence-corrected chi connectivity index (χ3v) is 4.91. The van der Waals surface area contributed by atoms with Crippen molar-refractivity contribution in [3.8, 4) is 0 Å². The minimum Gasteiger partial charge on any atom is -0.379 e. The molecule has 3 rings (SSSR count). The molecule has 7 nitrogen and oxygen atoms in total. The second kappa shape index (κ2) is 8.01. The first-order valence-electron chi connectivity index (χ1n) is 8.98. The predicted molar refractivity (Wildman–Crippen MR) is 93.8 cm³/mol. The zero-order valence-electron chi connectivity index (χ0n) is 14.7. The van der Waals surface area contributed by atoms with Gasteiger partial charge >= 0.3 is 6.03 Å². The van der Waals surface area contributed by atoms with Crippen LogP contribution in [0.25, 0.3) is 0 Å². The molecule has 26 heavy (non-hydrogen) atoms. The van der Waals surface area contributed by atoms with Crippen molar-refractivity contribution in [1.29, 1.82) is 0 Å². The Labute approximate surface area is 152 Å². The monoisotopic (exact) mass is 364 g/mol. The number of urea groups is 1. The van der Waals surface area contributed by atoms with E-state index in [0.29, 0.717) is 52.1 Å². The molecule has 142 valence electrons. The van der Waals surface area contributed by atoms with Gasteiger partial charge in [0.25, 0.3) is 5.91 Å². The Morgan fingerprint density at radius 3 is 2.65 bits per heavy atom. The average molecular weight is 364 g/mol. The second-order valence-corrected chi connectivity index (χ2v) is 6.88. The number of carbonyl (C=O) groups is 2. The molecule has 2 saturated heterocycles. The number of hydrogen-bond donors (Lipinski definition) is 3.